The van der Waals surface area contributed by atoms with E-state index in [2.05, 4.69) is 25.3 Å². The van der Waals surface area contributed by atoms with E-state index in [9.17, 15) is 13.2 Å². The van der Waals surface area contributed by atoms with Crippen molar-refractivity contribution in [3.05, 3.63) is 72.8 Å². The Balaban J connectivity index is 1.70. The van der Waals surface area contributed by atoms with Crippen LogP contribution in [-0.4, -0.2) is 32.1 Å². The summed E-state index contributed by atoms with van der Waals surface area (Å²) in [7, 11) is -1.97. The second-order valence-electron chi connectivity index (χ2n) is 7.21. The van der Waals surface area contributed by atoms with Crippen LogP contribution in [0.3, 0.4) is 0 Å². The molecule has 4 rings (SSSR count). The maximum absolute atomic E-state index is 13.0. The normalized spacial score (nSPS) is 11.2. The fourth-order valence-electron chi connectivity index (χ4n) is 3.04. The summed E-state index contributed by atoms with van der Waals surface area (Å²) in [5.74, 6) is 0.123. The lowest BCUT2D eigenvalue weighted by atomic mass is 9.96. The summed E-state index contributed by atoms with van der Waals surface area (Å²) in [6.07, 6.45) is 0. The fourth-order valence-corrected chi connectivity index (χ4v) is 4.05. The summed E-state index contributed by atoms with van der Waals surface area (Å²) < 4.78 is 28.6. The molecule has 0 radical (unpaired) electrons. The number of para-hydroxylation sites is 2. The summed E-state index contributed by atoms with van der Waals surface area (Å²) >= 11 is 0. The van der Waals surface area contributed by atoms with E-state index in [0.717, 1.165) is 11.2 Å². The molecule has 160 valence electrons. The van der Waals surface area contributed by atoms with Crippen LogP contribution >= 0.6 is 0 Å². The number of carbonyl (C=O) groups is 1. The Hall–Kier alpha value is -3.92. The SMILES string of the molecule is Bc1ccc(Nc2nc3ccccc3nc2NS(=O)(=O)c2ccc(NC(C)=O)cc2)cc1. The summed E-state index contributed by atoms with van der Waals surface area (Å²) in [4.78, 5) is 20.3. The highest BCUT2D eigenvalue weighted by atomic mass is 32.2. The van der Waals surface area contributed by atoms with Gasteiger partial charge in [-0.1, -0.05) is 29.7 Å². The molecule has 0 spiro atoms. The number of nitrogens with zero attached hydrogens (tertiary/aromatic N) is 2. The van der Waals surface area contributed by atoms with E-state index in [1.54, 1.807) is 6.07 Å². The number of fused-ring (bicyclic) bond motifs is 1. The summed E-state index contributed by atoms with van der Waals surface area (Å²) in [5, 5.41) is 5.76. The molecule has 8 nitrogen and oxygen atoms in total. The lowest BCUT2D eigenvalue weighted by molar-refractivity contribution is -0.114. The standard InChI is InChI=1S/C22H20BN5O3S/c1-14(29)24-16-10-12-18(13-11-16)32(30,31)28-22-21(25-17-8-6-15(23)7-9-17)26-19-4-2-3-5-20(19)27-22/h2-13H,23H2,1H3,(H,24,29)(H,25,26)(H,27,28). The zero-order chi connectivity index (χ0) is 22.7. The van der Waals surface area contributed by atoms with Gasteiger partial charge in [-0.3, -0.25) is 9.52 Å². The number of amides is 1. The highest BCUT2D eigenvalue weighted by molar-refractivity contribution is 7.92. The number of hydrogen-bond donors (Lipinski definition) is 3. The van der Waals surface area contributed by atoms with Crippen molar-refractivity contribution >= 4 is 63.3 Å². The second-order valence-corrected chi connectivity index (χ2v) is 8.89. The zero-order valence-corrected chi connectivity index (χ0v) is 18.3. The Kier molecular flexibility index (Phi) is 5.78. The molecule has 0 atom stereocenters. The van der Waals surface area contributed by atoms with E-state index in [-0.39, 0.29) is 22.4 Å². The minimum absolute atomic E-state index is 0.0304. The third-order valence-corrected chi connectivity index (χ3v) is 5.96. The van der Waals surface area contributed by atoms with Gasteiger partial charge in [-0.05, 0) is 48.5 Å². The van der Waals surface area contributed by atoms with Crippen LogP contribution in [0.2, 0.25) is 0 Å². The smallest absolute Gasteiger partial charge is 0.263 e. The molecule has 1 amide bonds. The maximum atomic E-state index is 13.0. The monoisotopic (exact) mass is 445 g/mol. The lowest BCUT2D eigenvalue weighted by Gasteiger charge is -2.14. The maximum Gasteiger partial charge on any atom is 0.263 e. The molecule has 0 aliphatic rings. The van der Waals surface area contributed by atoms with E-state index >= 15 is 0 Å². The Labute approximate surface area is 186 Å². The van der Waals surface area contributed by atoms with Gasteiger partial charge in [0.05, 0.1) is 15.9 Å². The van der Waals surface area contributed by atoms with Crippen molar-refractivity contribution in [1.82, 2.24) is 9.97 Å². The molecule has 0 aliphatic carbocycles. The molecule has 0 bridgehead atoms. The van der Waals surface area contributed by atoms with Crippen LogP contribution in [0.4, 0.5) is 23.0 Å². The molecule has 0 unspecified atom stereocenters. The Morgan fingerprint density at radius 3 is 1.97 bits per heavy atom. The number of carbonyl (C=O) groups excluding carboxylic acids is 1. The third-order valence-electron chi connectivity index (χ3n) is 4.60. The highest BCUT2D eigenvalue weighted by Gasteiger charge is 2.19. The fraction of sp³-hybridized carbons (Fsp3) is 0.0455. The van der Waals surface area contributed by atoms with Gasteiger partial charge in [0.2, 0.25) is 5.91 Å². The van der Waals surface area contributed by atoms with Gasteiger partial charge < -0.3 is 10.6 Å². The first kappa shape index (κ1) is 21.3. The predicted octanol–water partition coefficient (Wildman–Crippen LogP) is 2.39. The third kappa shape index (κ3) is 4.87. The predicted molar refractivity (Wildman–Crippen MR) is 129 cm³/mol. The van der Waals surface area contributed by atoms with Crippen LogP contribution in [0.15, 0.2) is 77.7 Å². The van der Waals surface area contributed by atoms with E-state index in [1.165, 1.54) is 31.2 Å². The van der Waals surface area contributed by atoms with Gasteiger partial charge in [0.25, 0.3) is 10.0 Å². The van der Waals surface area contributed by atoms with Gasteiger partial charge in [-0.15, -0.1) is 0 Å². The minimum atomic E-state index is -3.95. The van der Waals surface area contributed by atoms with E-state index < -0.39 is 10.0 Å². The molecular weight excluding hydrogens is 425 g/mol. The number of aromatic nitrogens is 2. The van der Waals surface area contributed by atoms with Gasteiger partial charge in [-0.25, -0.2) is 18.4 Å². The van der Waals surface area contributed by atoms with Crippen molar-refractivity contribution in [2.75, 3.05) is 15.4 Å². The largest absolute Gasteiger partial charge is 0.337 e. The van der Waals surface area contributed by atoms with Gasteiger partial charge in [-0.2, -0.15) is 0 Å². The number of benzene rings is 3. The van der Waals surface area contributed by atoms with E-state index in [1.807, 2.05) is 50.3 Å². The quantitative estimate of drug-likeness (QED) is 0.393. The van der Waals surface area contributed by atoms with Crippen LogP contribution in [0, 0.1) is 0 Å². The summed E-state index contributed by atoms with van der Waals surface area (Å²) in [6.45, 7) is 1.38. The summed E-state index contributed by atoms with van der Waals surface area (Å²) in [5.41, 5.74) is 3.54. The van der Waals surface area contributed by atoms with E-state index in [4.69, 9.17) is 0 Å². The first-order chi connectivity index (χ1) is 15.3. The molecule has 0 aliphatic heterocycles. The van der Waals surface area contributed by atoms with Crippen LogP contribution in [0.1, 0.15) is 6.92 Å². The van der Waals surface area contributed by atoms with Crippen LogP contribution in [0.5, 0.6) is 0 Å². The molecule has 0 saturated heterocycles. The number of rotatable bonds is 6. The average molecular weight is 445 g/mol. The van der Waals surface area contributed by atoms with Crippen LogP contribution < -0.4 is 20.8 Å². The van der Waals surface area contributed by atoms with Crippen molar-refractivity contribution in [3.8, 4) is 0 Å². The topological polar surface area (TPSA) is 113 Å². The van der Waals surface area contributed by atoms with Crippen molar-refractivity contribution in [2.24, 2.45) is 0 Å². The molecular formula is C22H20BN5O3S. The lowest BCUT2D eigenvalue weighted by Crippen LogP contribution is -2.16. The van der Waals surface area contributed by atoms with E-state index in [0.29, 0.717) is 16.7 Å². The van der Waals surface area contributed by atoms with Crippen molar-refractivity contribution in [2.45, 2.75) is 11.8 Å². The summed E-state index contributed by atoms with van der Waals surface area (Å²) in [6, 6.07) is 20.7. The van der Waals surface area contributed by atoms with Gasteiger partial charge in [0.1, 0.15) is 7.85 Å². The van der Waals surface area contributed by atoms with Gasteiger partial charge in [0, 0.05) is 18.3 Å². The van der Waals surface area contributed by atoms with Gasteiger partial charge in [0.15, 0.2) is 11.6 Å². The Bertz CT molecular complexity index is 1390. The first-order valence-electron chi connectivity index (χ1n) is 9.81. The molecule has 4 aromatic rings. The van der Waals surface area contributed by atoms with Crippen LogP contribution in [-0.2, 0) is 14.8 Å². The van der Waals surface area contributed by atoms with Crippen molar-refractivity contribution in [1.29, 1.82) is 0 Å². The molecule has 0 saturated carbocycles. The molecule has 0 fully saturated rings. The number of hydrogen-bond acceptors (Lipinski definition) is 6. The molecule has 32 heavy (non-hydrogen) atoms. The minimum Gasteiger partial charge on any atom is -0.337 e. The molecule has 1 aromatic heterocycles. The second kappa shape index (κ2) is 8.68. The zero-order valence-electron chi connectivity index (χ0n) is 17.5. The number of nitrogens with one attached hydrogen (secondary N) is 3. The van der Waals surface area contributed by atoms with Crippen molar-refractivity contribution in [3.63, 3.8) is 0 Å². The number of anilines is 4. The molecule has 3 aromatic carbocycles. The molecule has 10 heteroatoms. The molecule has 1 heterocycles. The average Bonchev–Trinajstić information content (AvgIpc) is 2.75. The van der Waals surface area contributed by atoms with Crippen molar-refractivity contribution < 1.29 is 13.2 Å². The first-order valence-corrected chi connectivity index (χ1v) is 11.3. The van der Waals surface area contributed by atoms with Crippen LogP contribution in [0.25, 0.3) is 11.0 Å². The molecule has 3 N–H and O–H groups in total. The number of sulfonamides is 1. The Morgan fingerprint density at radius 2 is 1.38 bits per heavy atom. The van der Waals surface area contributed by atoms with Gasteiger partial charge >= 0.3 is 0 Å². The Morgan fingerprint density at radius 1 is 0.812 bits per heavy atom. The highest BCUT2D eigenvalue weighted by Crippen LogP contribution is 2.27.